The molecule has 0 spiro atoms. The standard InChI is InChI=1S/C22H30N6O2.HI/c1-24-22(26-12-15-30-19-7-3-2-4-8-19)27-16-18-6-5-11-25-21(18)28-13-9-17(10-14-28)20(23)29;/h2-8,11,17H,9-10,12-16H2,1H3,(H2,23,29)(H2,24,26,27);1H. The number of carbonyl (C=O) groups is 1. The molecule has 9 heteroatoms. The minimum Gasteiger partial charge on any atom is -0.492 e. The van der Waals surface area contributed by atoms with Crippen LogP contribution in [0.2, 0.25) is 0 Å². The zero-order valence-electron chi connectivity index (χ0n) is 17.8. The van der Waals surface area contributed by atoms with E-state index >= 15 is 0 Å². The van der Waals surface area contributed by atoms with Crippen molar-refractivity contribution >= 4 is 41.7 Å². The Bertz CT molecular complexity index is 841. The smallest absolute Gasteiger partial charge is 0.220 e. The third-order valence-corrected chi connectivity index (χ3v) is 5.14. The van der Waals surface area contributed by atoms with E-state index in [1.54, 1.807) is 13.2 Å². The highest BCUT2D eigenvalue weighted by Gasteiger charge is 2.24. The van der Waals surface area contributed by atoms with E-state index in [4.69, 9.17) is 10.5 Å². The van der Waals surface area contributed by atoms with Crippen molar-refractivity contribution in [2.75, 3.05) is 38.2 Å². The molecule has 3 rings (SSSR count). The Hall–Kier alpha value is -2.56. The average Bonchev–Trinajstić information content (AvgIpc) is 2.79. The maximum atomic E-state index is 11.4. The van der Waals surface area contributed by atoms with Gasteiger partial charge in [0, 0.05) is 44.4 Å². The number of nitrogens with zero attached hydrogens (tertiary/aromatic N) is 3. The molecule has 0 radical (unpaired) electrons. The van der Waals surface area contributed by atoms with Gasteiger partial charge in [0.05, 0.1) is 6.54 Å². The lowest BCUT2D eigenvalue weighted by Crippen LogP contribution is -2.41. The quantitative estimate of drug-likeness (QED) is 0.206. The number of aromatic nitrogens is 1. The number of benzene rings is 1. The third kappa shape index (κ3) is 7.57. The van der Waals surface area contributed by atoms with Crippen LogP contribution in [0.3, 0.4) is 0 Å². The van der Waals surface area contributed by atoms with Gasteiger partial charge in [-0.05, 0) is 31.0 Å². The second-order valence-corrected chi connectivity index (χ2v) is 7.16. The molecule has 1 aromatic heterocycles. The minimum atomic E-state index is -0.205. The zero-order valence-corrected chi connectivity index (χ0v) is 20.1. The van der Waals surface area contributed by atoms with Crippen molar-refractivity contribution in [2.45, 2.75) is 19.4 Å². The van der Waals surface area contributed by atoms with Gasteiger partial charge in [-0.25, -0.2) is 4.98 Å². The van der Waals surface area contributed by atoms with Crippen molar-refractivity contribution in [3.8, 4) is 5.75 Å². The summed E-state index contributed by atoms with van der Waals surface area (Å²) in [4.78, 5) is 22.5. The van der Waals surface area contributed by atoms with Crippen molar-refractivity contribution < 1.29 is 9.53 Å². The Morgan fingerprint density at radius 2 is 1.94 bits per heavy atom. The van der Waals surface area contributed by atoms with Gasteiger partial charge >= 0.3 is 0 Å². The molecule has 0 saturated carbocycles. The van der Waals surface area contributed by atoms with Crippen molar-refractivity contribution in [1.29, 1.82) is 0 Å². The van der Waals surface area contributed by atoms with Crippen LogP contribution in [0.25, 0.3) is 0 Å². The largest absolute Gasteiger partial charge is 0.492 e. The Morgan fingerprint density at radius 1 is 1.19 bits per heavy atom. The van der Waals surface area contributed by atoms with E-state index in [1.165, 1.54) is 0 Å². The molecule has 1 saturated heterocycles. The summed E-state index contributed by atoms with van der Waals surface area (Å²) in [6, 6.07) is 13.7. The average molecular weight is 538 g/mol. The first-order chi connectivity index (χ1) is 14.7. The predicted octanol–water partition coefficient (Wildman–Crippen LogP) is 2.15. The summed E-state index contributed by atoms with van der Waals surface area (Å²) in [6.07, 6.45) is 3.33. The van der Waals surface area contributed by atoms with Crippen LogP contribution in [0.1, 0.15) is 18.4 Å². The fraction of sp³-hybridized carbons (Fsp3) is 0.409. The summed E-state index contributed by atoms with van der Waals surface area (Å²) >= 11 is 0. The molecule has 8 nitrogen and oxygen atoms in total. The van der Waals surface area contributed by atoms with E-state index in [0.29, 0.717) is 25.7 Å². The molecule has 0 aliphatic carbocycles. The first-order valence-electron chi connectivity index (χ1n) is 10.3. The maximum Gasteiger partial charge on any atom is 0.220 e. The second kappa shape index (κ2) is 13.0. The highest BCUT2D eigenvalue weighted by Crippen LogP contribution is 2.24. The summed E-state index contributed by atoms with van der Waals surface area (Å²) in [5, 5.41) is 6.59. The van der Waals surface area contributed by atoms with Gasteiger partial charge in [0.1, 0.15) is 18.2 Å². The van der Waals surface area contributed by atoms with E-state index in [1.807, 2.05) is 36.4 Å². The van der Waals surface area contributed by atoms with Gasteiger partial charge < -0.3 is 26.0 Å². The number of para-hydroxylation sites is 1. The van der Waals surface area contributed by atoms with Crippen LogP contribution >= 0.6 is 24.0 Å². The number of nitrogens with two attached hydrogens (primary N) is 1. The highest BCUT2D eigenvalue weighted by molar-refractivity contribution is 14.0. The third-order valence-electron chi connectivity index (χ3n) is 5.14. The van der Waals surface area contributed by atoms with Crippen LogP contribution in [0.4, 0.5) is 5.82 Å². The van der Waals surface area contributed by atoms with Crippen LogP contribution in [0.5, 0.6) is 5.75 Å². The second-order valence-electron chi connectivity index (χ2n) is 7.16. The molecule has 168 valence electrons. The van der Waals surface area contributed by atoms with E-state index in [2.05, 4.69) is 31.6 Å². The Morgan fingerprint density at radius 3 is 2.61 bits per heavy atom. The van der Waals surface area contributed by atoms with Crippen molar-refractivity contribution in [3.05, 3.63) is 54.2 Å². The normalized spacial score (nSPS) is 14.5. The molecule has 0 unspecified atom stereocenters. The van der Waals surface area contributed by atoms with Crippen molar-refractivity contribution in [3.63, 3.8) is 0 Å². The number of rotatable bonds is 8. The van der Waals surface area contributed by atoms with Crippen LogP contribution in [0, 0.1) is 5.92 Å². The Kier molecular flexibility index (Phi) is 10.3. The molecule has 4 N–H and O–H groups in total. The number of carbonyl (C=O) groups excluding carboxylic acids is 1. The number of halogens is 1. The van der Waals surface area contributed by atoms with Crippen LogP contribution in [-0.4, -0.2) is 50.1 Å². The minimum absolute atomic E-state index is 0. The molecule has 2 aromatic rings. The van der Waals surface area contributed by atoms with Gasteiger partial charge in [-0.2, -0.15) is 0 Å². The number of primary amides is 1. The molecule has 1 aliphatic rings. The lowest BCUT2D eigenvalue weighted by Gasteiger charge is -2.32. The molecule has 31 heavy (non-hydrogen) atoms. The molecule has 1 aliphatic heterocycles. The van der Waals surface area contributed by atoms with Gasteiger partial charge in [0.25, 0.3) is 0 Å². The number of piperidine rings is 1. The van der Waals surface area contributed by atoms with Gasteiger partial charge in [-0.15, -0.1) is 24.0 Å². The molecule has 1 fully saturated rings. The topological polar surface area (TPSA) is 105 Å². The van der Waals surface area contributed by atoms with Crippen molar-refractivity contribution in [1.82, 2.24) is 15.6 Å². The summed E-state index contributed by atoms with van der Waals surface area (Å²) in [7, 11) is 1.74. The van der Waals surface area contributed by atoms with Gasteiger partial charge in [-0.3, -0.25) is 9.79 Å². The fourth-order valence-electron chi connectivity index (χ4n) is 3.48. The lowest BCUT2D eigenvalue weighted by atomic mass is 9.96. The number of aliphatic imine (C=N–C) groups is 1. The highest BCUT2D eigenvalue weighted by atomic mass is 127. The number of ether oxygens (including phenoxy) is 1. The van der Waals surface area contributed by atoms with E-state index < -0.39 is 0 Å². The summed E-state index contributed by atoms with van der Waals surface area (Å²) < 4.78 is 5.69. The van der Waals surface area contributed by atoms with Crippen LogP contribution in [-0.2, 0) is 11.3 Å². The molecular weight excluding hydrogens is 507 g/mol. The van der Waals surface area contributed by atoms with Crippen LogP contribution < -0.4 is 26.0 Å². The van der Waals surface area contributed by atoms with Crippen molar-refractivity contribution in [2.24, 2.45) is 16.6 Å². The molecule has 2 heterocycles. The molecule has 0 atom stereocenters. The zero-order chi connectivity index (χ0) is 21.2. The molecule has 1 amide bonds. The van der Waals surface area contributed by atoms with E-state index in [9.17, 15) is 4.79 Å². The predicted molar refractivity (Wildman–Crippen MR) is 134 cm³/mol. The molecular formula is C22H31IN6O2. The number of hydrogen-bond donors (Lipinski definition) is 3. The summed E-state index contributed by atoms with van der Waals surface area (Å²) in [5.74, 6) is 2.25. The number of anilines is 1. The summed E-state index contributed by atoms with van der Waals surface area (Å²) in [5.41, 5.74) is 6.53. The van der Waals surface area contributed by atoms with Crippen LogP contribution in [0.15, 0.2) is 53.7 Å². The van der Waals surface area contributed by atoms with Gasteiger partial charge in [0.2, 0.25) is 5.91 Å². The SMILES string of the molecule is CN=C(NCCOc1ccccc1)NCc1cccnc1N1CCC(C(N)=O)CC1.I. The van der Waals surface area contributed by atoms with Gasteiger partial charge in [-0.1, -0.05) is 24.3 Å². The first-order valence-corrected chi connectivity index (χ1v) is 10.3. The Labute approximate surface area is 200 Å². The fourth-order valence-corrected chi connectivity index (χ4v) is 3.48. The summed E-state index contributed by atoms with van der Waals surface area (Å²) in [6.45, 7) is 3.33. The van der Waals surface area contributed by atoms with E-state index in [0.717, 1.165) is 43.1 Å². The number of hydrogen-bond acceptors (Lipinski definition) is 5. The van der Waals surface area contributed by atoms with E-state index in [-0.39, 0.29) is 35.8 Å². The number of guanidine groups is 1. The van der Waals surface area contributed by atoms with Gasteiger partial charge in [0.15, 0.2) is 5.96 Å². The monoisotopic (exact) mass is 538 g/mol. The molecule has 0 bridgehead atoms. The maximum absolute atomic E-state index is 11.4. The first kappa shape index (κ1) is 24.7. The number of pyridine rings is 1. The Balaban J connectivity index is 0.00000341. The molecule has 1 aromatic carbocycles. The number of amides is 1. The number of nitrogens with one attached hydrogen (secondary N) is 2. The lowest BCUT2D eigenvalue weighted by molar-refractivity contribution is -0.122.